The van der Waals surface area contributed by atoms with Crippen molar-refractivity contribution in [3.63, 3.8) is 0 Å². The van der Waals surface area contributed by atoms with Crippen molar-refractivity contribution in [2.24, 2.45) is 0 Å². The molecule has 5 rings (SSSR count). The van der Waals surface area contributed by atoms with Crippen molar-refractivity contribution in [1.29, 1.82) is 0 Å². The molecule has 0 saturated carbocycles. The van der Waals surface area contributed by atoms with Crippen LogP contribution in [-0.2, 0) is 14.0 Å². The lowest BCUT2D eigenvalue weighted by atomic mass is 9.80. The minimum Gasteiger partial charge on any atom is -0.436 e. The molecule has 3 aromatic rings. The monoisotopic (exact) mass is 423 g/mol. The van der Waals surface area contributed by atoms with E-state index in [0.29, 0.717) is 24.8 Å². The maximum Gasteiger partial charge on any atom is 0.498 e. The van der Waals surface area contributed by atoms with Crippen LogP contribution in [-0.4, -0.2) is 64.4 Å². The van der Waals surface area contributed by atoms with Crippen LogP contribution in [0.25, 0.3) is 5.52 Å². The number of pyridine rings is 1. The summed E-state index contributed by atoms with van der Waals surface area (Å²) in [5.74, 6) is 1.87. The Morgan fingerprint density at radius 1 is 0.968 bits per heavy atom. The van der Waals surface area contributed by atoms with Crippen molar-refractivity contribution in [2.75, 3.05) is 31.2 Å². The molecule has 2 aliphatic rings. The Labute approximate surface area is 181 Å². The Morgan fingerprint density at radius 3 is 2.39 bits per heavy atom. The Hall–Kier alpha value is -2.69. The molecular formula is C21H26BN5O4. The number of aromatic nitrogens is 4. The van der Waals surface area contributed by atoms with Crippen molar-refractivity contribution in [2.45, 2.75) is 38.9 Å². The Bertz CT molecular complexity index is 1060. The van der Waals surface area contributed by atoms with Gasteiger partial charge in [0.1, 0.15) is 5.75 Å². The van der Waals surface area contributed by atoms with Crippen molar-refractivity contribution in [3.05, 3.63) is 36.7 Å². The van der Waals surface area contributed by atoms with Gasteiger partial charge in [0.15, 0.2) is 5.82 Å². The molecule has 0 spiro atoms. The molecule has 0 aromatic carbocycles. The summed E-state index contributed by atoms with van der Waals surface area (Å²) < 4.78 is 25.4. The first kappa shape index (κ1) is 20.2. The van der Waals surface area contributed by atoms with Gasteiger partial charge in [-0.25, -0.2) is 4.52 Å². The number of ether oxygens (including phenoxy) is 2. The molecule has 2 saturated heterocycles. The van der Waals surface area contributed by atoms with Crippen LogP contribution in [0, 0.1) is 0 Å². The van der Waals surface area contributed by atoms with Crippen molar-refractivity contribution >= 4 is 23.9 Å². The van der Waals surface area contributed by atoms with E-state index in [0.717, 1.165) is 29.9 Å². The van der Waals surface area contributed by atoms with Gasteiger partial charge >= 0.3 is 7.12 Å². The quantitative estimate of drug-likeness (QED) is 0.590. The van der Waals surface area contributed by atoms with Crippen LogP contribution >= 0.6 is 0 Å². The molecule has 0 radical (unpaired) electrons. The number of hydrogen-bond donors (Lipinski definition) is 0. The average Bonchev–Trinajstić information content (AvgIpc) is 3.26. The maximum absolute atomic E-state index is 6.17. The molecule has 31 heavy (non-hydrogen) atoms. The summed E-state index contributed by atoms with van der Waals surface area (Å²) in [6, 6.07) is 7.55. The van der Waals surface area contributed by atoms with Crippen LogP contribution in [0.4, 0.5) is 5.82 Å². The fourth-order valence-electron chi connectivity index (χ4n) is 3.65. The minimum atomic E-state index is -0.465. The van der Waals surface area contributed by atoms with Gasteiger partial charge in [0.25, 0.3) is 0 Å². The molecule has 10 heteroatoms. The van der Waals surface area contributed by atoms with Crippen LogP contribution in [0.5, 0.6) is 11.6 Å². The second-order valence-corrected chi connectivity index (χ2v) is 8.81. The van der Waals surface area contributed by atoms with E-state index in [4.69, 9.17) is 18.8 Å². The van der Waals surface area contributed by atoms with E-state index in [-0.39, 0.29) is 0 Å². The summed E-state index contributed by atoms with van der Waals surface area (Å²) in [4.78, 5) is 2.15. The Kier molecular flexibility index (Phi) is 4.88. The van der Waals surface area contributed by atoms with Crippen LogP contribution in [0.15, 0.2) is 36.7 Å². The maximum atomic E-state index is 6.17. The highest BCUT2D eigenvalue weighted by molar-refractivity contribution is 6.64. The third-order valence-corrected chi connectivity index (χ3v) is 6.21. The van der Waals surface area contributed by atoms with Crippen molar-refractivity contribution in [1.82, 2.24) is 19.8 Å². The lowest BCUT2D eigenvalue weighted by Crippen LogP contribution is -2.41. The van der Waals surface area contributed by atoms with Crippen LogP contribution < -0.4 is 15.1 Å². The highest BCUT2D eigenvalue weighted by Crippen LogP contribution is 2.36. The first-order valence-electron chi connectivity index (χ1n) is 10.5. The van der Waals surface area contributed by atoms with E-state index < -0.39 is 18.3 Å². The standard InChI is InChI=1S/C21H26BN5O4/c1-20(2)21(3,4)31-22(30-20)16-13-23-27-14-15(5-6-17(16)27)29-19-8-7-18(24-25-19)26-9-11-28-12-10-26/h5-8,13-14H,9-12H2,1-4H3. The summed E-state index contributed by atoms with van der Waals surface area (Å²) in [5.41, 5.74) is 0.988. The molecule has 5 heterocycles. The van der Waals surface area contributed by atoms with Crippen LogP contribution in [0.3, 0.4) is 0 Å². The zero-order valence-corrected chi connectivity index (χ0v) is 18.2. The highest BCUT2D eigenvalue weighted by Gasteiger charge is 2.52. The number of nitrogens with zero attached hydrogens (tertiary/aromatic N) is 5. The summed E-state index contributed by atoms with van der Waals surface area (Å²) in [7, 11) is -0.465. The molecular weight excluding hydrogens is 397 g/mol. The molecule has 0 unspecified atom stereocenters. The minimum absolute atomic E-state index is 0.402. The van der Waals surface area contributed by atoms with Gasteiger partial charge < -0.3 is 23.7 Å². The lowest BCUT2D eigenvalue weighted by molar-refractivity contribution is 0.00578. The zero-order valence-electron chi connectivity index (χ0n) is 18.2. The third kappa shape index (κ3) is 3.75. The van der Waals surface area contributed by atoms with Crippen LogP contribution in [0.1, 0.15) is 27.7 Å². The van der Waals surface area contributed by atoms with E-state index >= 15 is 0 Å². The van der Waals surface area contributed by atoms with Gasteiger partial charge in [-0.3, -0.25) is 0 Å². The molecule has 3 aromatic heterocycles. The average molecular weight is 423 g/mol. The van der Waals surface area contributed by atoms with Gasteiger partial charge in [0, 0.05) is 30.8 Å². The first-order valence-corrected chi connectivity index (χ1v) is 10.5. The Balaban J connectivity index is 1.32. The second kappa shape index (κ2) is 7.47. The first-order chi connectivity index (χ1) is 14.8. The predicted molar refractivity (Wildman–Crippen MR) is 116 cm³/mol. The summed E-state index contributed by atoms with van der Waals surface area (Å²) >= 11 is 0. The zero-order chi connectivity index (χ0) is 21.6. The Morgan fingerprint density at radius 2 is 1.71 bits per heavy atom. The lowest BCUT2D eigenvalue weighted by Gasteiger charge is -2.32. The van der Waals surface area contributed by atoms with Gasteiger partial charge in [0.2, 0.25) is 5.88 Å². The number of anilines is 1. The topological polar surface area (TPSA) is 83.2 Å². The molecule has 162 valence electrons. The van der Waals surface area contributed by atoms with Gasteiger partial charge in [-0.15, -0.1) is 10.2 Å². The molecule has 0 aliphatic carbocycles. The van der Waals surface area contributed by atoms with Gasteiger partial charge in [-0.05, 0) is 45.9 Å². The van der Waals surface area contributed by atoms with E-state index in [1.165, 1.54) is 0 Å². The summed E-state index contributed by atoms with van der Waals surface area (Å²) in [6.45, 7) is 11.2. The van der Waals surface area contributed by atoms with E-state index in [1.807, 2.05) is 58.2 Å². The summed E-state index contributed by atoms with van der Waals surface area (Å²) in [6.07, 6.45) is 3.58. The SMILES string of the molecule is CC1(C)OB(c2cnn3cc(Oc4ccc(N5CCOCC5)nn4)ccc23)OC1(C)C. The summed E-state index contributed by atoms with van der Waals surface area (Å²) in [5, 5.41) is 12.9. The van der Waals surface area contributed by atoms with E-state index in [2.05, 4.69) is 20.2 Å². The molecule has 0 amide bonds. The number of rotatable bonds is 4. The van der Waals surface area contributed by atoms with Gasteiger partial charge in [-0.2, -0.15) is 5.10 Å². The molecule has 0 bridgehead atoms. The number of morpholine rings is 1. The third-order valence-electron chi connectivity index (χ3n) is 6.21. The molecule has 0 atom stereocenters. The fraction of sp³-hybridized carbons (Fsp3) is 0.476. The van der Waals surface area contributed by atoms with Crippen molar-refractivity contribution < 1.29 is 18.8 Å². The normalized spacial score (nSPS) is 20.4. The van der Waals surface area contributed by atoms with Crippen molar-refractivity contribution in [3.8, 4) is 11.6 Å². The van der Waals surface area contributed by atoms with E-state index in [9.17, 15) is 0 Å². The van der Waals surface area contributed by atoms with Gasteiger partial charge in [0.05, 0.1) is 36.1 Å². The fourth-order valence-corrected chi connectivity index (χ4v) is 3.65. The molecule has 9 nitrogen and oxygen atoms in total. The number of hydrogen-bond acceptors (Lipinski definition) is 8. The van der Waals surface area contributed by atoms with E-state index in [1.54, 1.807) is 10.7 Å². The highest BCUT2D eigenvalue weighted by atomic mass is 16.7. The molecule has 0 N–H and O–H groups in total. The second-order valence-electron chi connectivity index (χ2n) is 8.81. The molecule has 2 fully saturated rings. The largest absolute Gasteiger partial charge is 0.498 e. The molecule has 2 aliphatic heterocycles. The van der Waals surface area contributed by atoms with Gasteiger partial charge in [-0.1, -0.05) is 0 Å². The smallest absolute Gasteiger partial charge is 0.436 e. The van der Waals surface area contributed by atoms with Crippen LogP contribution in [0.2, 0.25) is 0 Å². The predicted octanol–water partition coefficient (Wildman–Crippen LogP) is 2.05. The number of fused-ring (bicyclic) bond motifs is 1.